The quantitative estimate of drug-likeness (QED) is 0.878. The van der Waals surface area contributed by atoms with E-state index in [2.05, 4.69) is 5.10 Å². The van der Waals surface area contributed by atoms with Crippen LogP contribution in [0.1, 0.15) is 16.7 Å². The van der Waals surface area contributed by atoms with Crippen molar-refractivity contribution in [1.29, 1.82) is 0 Å². The second-order valence-electron chi connectivity index (χ2n) is 4.24. The van der Waals surface area contributed by atoms with E-state index in [9.17, 15) is 18.0 Å². The lowest BCUT2D eigenvalue weighted by Gasteiger charge is -2.07. The van der Waals surface area contributed by atoms with Crippen molar-refractivity contribution in [2.45, 2.75) is 19.6 Å². The number of rotatable bonds is 2. The number of benzene rings is 1. The highest BCUT2D eigenvalue weighted by Crippen LogP contribution is 2.29. The Labute approximate surface area is 106 Å². The fraction of sp³-hybridized carbons (Fsp3) is 0.250. The molecule has 0 amide bonds. The molecular weight excluding hydrogens is 259 g/mol. The summed E-state index contributed by atoms with van der Waals surface area (Å²) >= 11 is 0. The first kappa shape index (κ1) is 13.3. The molecular formula is C12H12F3N3O. The van der Waals surface area contributed by atoms with E-state index >= 15 is 0 Å². The average Bonchev–Trinajstić information content (AvgIpc) is 2.57. The summed E-state index contributed by atoms with van der Waals surface area (Å²) in [6.45, 7) is 1.73. The van der Waals surface area contributed by atoms with Crippen LogP contribution >= 0.6 is 0 Å². The minimum atomic E-state index is -4.36. The van der Waals surface area contributed by atoms with E-state index in [0.717, 1.165) is 12.1 Å². The van der Waals surface area contributed by atoms with E-state index in [1.54, 1.807) is 6.92 Å². The lowest BCUT2D eigenvalue weighted by Crippen LogP contribution is -2.18. The van der Waals surface area contributed by atoms with Crippen LogP contribution in [-0.2, 0) is 12.7 Å². The van der Waals surface area contributed by atoms with Crippen molar-refractivity contribution in [3.8, 4) is 0 Å². The zero-order valence-corrected chi connectivity index (χ0v) is 10.1. The Morgan fingerprint density at radius 2 is 1.84 bits per heavy atom. The molecule has 4 nitrogen and oxygen atoms in total. The van der Waals surface area contributed by atoms with Gasteiger partial charge in [-0.2, -0.15) is 13.2 Å². The first-order valence-electron chi connectivity index (χ1n) is 5.50. The zero-order valence-electron chi connectivity index (χ0n) is 10.1. The highest BCUT2D eigenvalue weighted by molar-refractivity contribution is 5.36. The monoisotopic (exact) mass is 271 g/mol. The van der Waals surface area contributed by atoms with Crippen molar-refractivity contribution in [3.63, 3.8) is 0 Å². The molecule has 7 heteroatoms. The summed E-state index contributed by atoms with van der Waals surface area (Å²) in [5.41, 5.74) is 5.53. The van der Waals surface area contributed by atoms with Gasteiger partial charge in [-0.25, -0.2) is 4.68 Å². The summed E-state index contributed by atoms with van der Waals surface area (Å²) in [6, 6.07) is 4.64. The molecule has 0 unspecified atom stereocenters. The number of nitrogens with zero attached hydrogens (tertiary/aromatic N) is 1. The van der Waals surface area contributed by atoms with Crippen LogP contribution in [0.2, 0.25) is 0 Å². The van der Waals surface area contributed by atoms with Gasteiger partial charge in [0, 0.05) is 0 Å². The van der Waals surface area contributed by atoms with Gasteiger partial charge in [-0.05, 0) is 24.6 Å². The van der Waals surface area contributed by atoms with Gasteiger partial charge in [0.15, 0.2) is 0 Å². The predicted octanol–water partition coefficient (Wildman–Crippen LogP) is 2.13. The molecule has 0 radical (unpaired) electrons. The van der Waals surface area contributed by atoms with Crippen molar-refractivity contribution in [3.05, 3.63) is 51.3 Å². The summed E-state index contributed by atoms with van der Waals surface area (Å²) in [5.74, 6) is 0.261. The fourth-order valence-electron chi connectivity index (χ4n) is 1.69. The summed E-state index contributed by atoms with van der Waals surface area (Å²) in [6.07, 6.45) is -4.36. The highest BCUT2D eigenvalue weighted by Gasteiger charge is 2.29. The third kappa shape index (κ3) is 2.64. The molecule has 0 atom stereocenters. The van der Waals surface area contributed by atoms with Crippen LogP contribution in [-0.4, -0.2) is 9.78 Å². The van der Waals surface area contributed by atoms with Gasteiger partial charge in [0.2, 0.25) is 0 Å². The second-order valence-corrected chi connectivity index (χ2v) is 4.24. The Balaban J connectivity index is 2.25. The van der Waals surface area contributed by atoms with Crippen molar-refractivity contribution < 1.29 is 13.2 Å². The molecule has 1 heterocycles. The van der Waals surface area contributed by atoms with Crippen LogP contribution in [0.5, 0.6) is 0 Å². The number of aromatic amines is 1. The number of hydrogen-bond acceptors (Lipinski definition) is 2. The number of halogens is 3. The minimum Gasteiger partial charge on any atom is -0.384 e. The first-order chi connectivity index (χ1) is 8.79. The SMILES string of the molecule is Cc1c(N)[nH]n(Cc2ccc(C(F)(F)F)cc2)c1=O. The van der Waals surface area contributed by atoms with Gasteiger partial charge in [0.05, 0.1) is 17.7 Å². The molecule has 2 aromatic rings. The third-order valence-corrected chi connectivity index (χ3v) is 2.85. The topological polar surface area (TPSA) is 63.8 Å². The molecule has 2 rings (SSSR count). The van der Waals surface area contributed by atoms with Crippen LogP contribution < -0.4 is 11.3 Å². The Hall–Kier alpha value is -2.18. The first-order valence-corrected chi connectivity index (χ1v) is 5.50. The van der Waals surface area contributed by atoms with Crippen LogP contribution in [0.3, 0.4) is 0 Å². The van der Waals surface area contributed by atoms with Crippen molar-refractivity contribution in [2.75, 3.05) is 5.73 Å². The van der Waals surface area contributed by atoms with Crippen LogP contribution in [0, 0.1) is 6.92 Å². The Bertz CT molecular complexity index is 638. The van der Waals surface area contributed by atoms with Gasteiger partial charge < -0.3 is 5.73 Å². The number of anilines is 1. The van der Waals surface area contributed by atoms with Crippen LogP contribution in [0.25, 0.3) is 0 Å². The molecule has 102 valence electrons. The van der Waals surface area contributed by atoms with Gasteiger partial charge in [-0.1, -0.05) is 12.1 Å². The van der Waals surface area contributed by atoms with Crippen molar-refractivity contribution in [1.82, 2.24) is 9.78 Å². The number of aromatic nitrogens is 2. The van der Waals surface area contributed by atoms with Gasteiger partial charge in [-0.3, -0.25) is 9.89 Å². The van der Waals surface area contributed by atoms with E-state index in [4.69, 9.17) is 5.73 Å². The third-order valence-electron chi connectivity index (χ3n) is 2.85. The van der Waals surface area contributed by atoms with Crippen LogP contribution in [0.4, 0.5) is 19.0 Å². The van der Waals surface area contributed by atoms with Gasteiger partial charge >= 0.3 is 6.18 Å². The number of alkyl halides is 3. The van der Waals surface area contributed by atoms with E-state index in [1.165, 1.54) is 16.8 Å². The molecule has 1 aromatic carbocycles. The normalized spacial score (nSPS) is 11.8. The molecule has 3 N–H and O–H groups in total. The minimum absolute atomic E-state index is 0.148. The van der Waals surface area contributed by atoms with Gasteiger partial charge in [0.25, 0.3) is 5.56 Å². The lowest BCUT2D eigenvalue weighted by molar-refractivity contribution is -0.137. The molecule has 0 bridgehead atoms. The maximum absolute atomic E-state index is 12.4. The Kier molecular flexibility index (Phi) is 3.13. The maximum atomic E-state index is 12.4. The molecule has 0 saturated carbocycles. The predicted molar refractivity (Wildman–Crippen MR) is 64.7 cm³/mol. The average molecular weight is 271 g/mol. The zero-order chi connectivity index (χ0) is 14.2. The molecule has 19 heavy (non-hydrogen) atoms. The summed E-state index contributed by atoms with van der Waals surface area (Å²) < 4.78 is 38.4. The van der Waals surface area contributed by atoms with Crippen molar-refractivity contribution in [2.24, 2.45) is 0 Å². The van der Waals surface area contributed by atoms with Crippen LogP contribution in [0.15, 0.2) is 29.1 Å². The Morgan fingerprint density at radius 1 is 1.26 bits per heavy atom. The standard InChI is InChI=1S/C12H12F3N3O/c1-7-10(16)17-18(11(7)19)6-8-2-4-9(5-3-8)12(13,14)15/h2-5,17H,6,16H2,1H3. The number of hydrogen-bond donors (Lipinski definition) is 2. The molecule has 0 spiro atoms. The number of nitrogens with one attached hydrogen (secondary N) is 1. The van der Waals surface area contributed by atoms with E-state index in [1.807, 2.05) is 0 Å². The molecule has 0 aliphatic heterocycles. The molecule has 1 aromatic heterocycles. The van der Waals surface area contributed by atoms with E-state index < -0.39 is 11.7 Å². The number of H-pyrrole nitrogens is 1. The van der Waals surface area contributed by atoms with E-state index in [-0.39, 0.29) is 17.9 Å². The lowest BCUT2D eigenvalue weighted by atomic mass is 10.1. The summed E-state index contributed by atoms with van der Waals surface area (Å²) in [4.78, 5) is 11.7. The Morgan fingerprint density at radius 3 is 2.26 bits per heavy atom. The largest absolute Gasteiger partial charge is 0.416 e. The number of nitrogens with two attached hydrogens (primary N) is 1. The fourth-order valence-corrected chi connectivity index (χ4v) is 1.69. The van der Waals surface area contributed by atoms with Gasteiger partial charge in [0.1, 0.15) is 5.82 Å². The molecule has 0 aliphatic rings. The summed E-state index contributed by atoms with van der Waals surface area (Å²) in [7, 11) is 0. The molecule has 0 fully saturated rings. The maximum Gasteiger partial charge on any atom is 0.416 e. The summed E-state index contributed by atoms with van der Waals surface area (Å²) in [5, 5.41) is 2.67. The molecule has 0 saturated heterocycles. The van der Waals surface area contributed by atoms with Crippen molar-refractivity contribution >= 4 is 5.82 Å². The molecule has 0 aliphatic carbocycles. The van der Waals surface area contributed by atoms with E-state index in [0.29, 0.717) is 11.1 Å². The van der Waals surface area contributed by atoms with Gasteiger partial charge in [-0.15, -0.1) is 0 Å². The smallest absolute Gasteiger partial charge is 0.384 e. The highest BCUT2D eigenvalue weighted by atomic mass is 19.4. The second kappa shape index (κ2) is 4.49. The number of nitrogen functional groups attached to an aromatic ring is 1.